The van der Waals surface area contributed by atoms with Gasteiger partial charge in [-0.15, -0.1) is 0 Å². The number of ether oxygens (including phenoxy) is 1. The number of nitrogens with zero attached hydrogens (tertiary/aromatic N) is 1. The summed E-state index contributed by atoms with van der Waals surface area (Å²) in [6.07, 6.45) is 0.854. The molecule has 1 rings (SSSR count). The van der Waals surface area contributed by atoms with E-state index in [2.05, 4.69) is 18.7 Å². The average Bonchev–Trinajstić information content (AvgIpc) is 2.12. The second kappa shape index (κ2) is 5.07. The molecule has 1 heterocycles. The summed E-state index contributed by atoms with van der Waals surface area (Å²) in [7, 11) is 0. The smallest absolute Gasteiger partial charge is 0.0753 e. The summed E-state index contributed by atoms with van der Waals surface area (Å²) >= 11 is 0. The van der Waals surface area contributed by atoms with Gasteiger partial charge >= 0.3 is 0 Å². The van der Waals surface area contributed by atoms with Crippen molar-refractivity contribution >= 4 is 0 Å². The van der Waals surface area contributed by atoms with E-state index in [4.69, 9.17) is 15.6 Å². The minimum atomic E-state index is -0.0824. The van der Waals surface area contributed by atoms with Crippen molar-refractivity contribution in [1.29, 1.82) is 0 Å². The van der Waals surface area contributed by atoms with Crippen LogP contribution >= 0.6 is 0 Å². The van der Waals surface area contributed by atoms with E-state index < -0.39 is 0 Å². The molecular weight excluding hydrogens is 180 g/mol. The molecule has 4 nitrogen and oxygen atoms in total. The fraction of sp³-hybridized carbons (Fsp3) is 1.00. The highest BCUT2D eigenvalue weighted by Gasteiger charge is 2.26. The molecule has 3 N–H and O–H groups in total. The topological polar surface area (TPSA) is 58.7 Å². The van der Waals surface area contributed by atoms with Gasteiger partial charge in [-0.05, 0) is 26.8 Å². The molecule has 0 aromatic rings. The van der Waals surface area contributed by atoms with Gasteiger partial charge in [0.05, 0.1) is 18.8 Å². The first-order valence-corrected chi connectivity index (χ1v) is 5.26. The molecule has 1 aliphatic rings. The van der Waals surface area contributed by atoms with E-state index in [1.807, 2.05) is 0 Å². The average molecular weight is 202 g/mol. The Bertz CT molecular complexity index is 174. The number of rotatable bonds is 4. The summed E-state index contributed by atoms with van der Waals surface area (Å²) in [5, 5.41) is 8.80. The standard InChI is InChI=1S/C10H22N2O2/c1-10(2)8-12(5-6-14-10)4-3-9(11)7-13/h9,13H,3-8,11H2,1-2H3. The van der Waals surface area contributed by atoms with Crippen LogP contribution in [0.1, 0.15) is 20.3 Å². The highest BCUT2D eigenvalue weighted by molar-refractivity contribution is 4.79. The first-order valence-electron chi connectivity index (χ1n) is 5.26. The Labute approximate surface area is 86.0 Å². The molecule has 1 aliphatic heterocycles. The third-order valence-electron chi connectivity index (χ3n) is 2.56. The summed E-state index contributed by atoms with van der Waals surface area (Å²) in [6, 6.07) is -0.0824. The van der Waals surface area contributed by atoms with Crippen LogP contribution < -0.4 is 5.73 Å². The van der Waals surface area contributed by atoms with Gasteiger partial charge in [0.15, 0.2) is 0 Å². The molecule has 84 valence electrons. The Morgan fingerprint density at radius 1 is 1.57 bits per heavy atom. The maximum absolute atomic E-state index is 8.80. The SMILES string of the molecule is CC1(C)CN(CCC(N)CO)CCO1. The minimum absolute atomic E-state index is 0.0401. The van der Waals surface area contributed by atoms with Gasteiger partial charge in [0.1, 0.15) is 0 Å². The molecule has 0 radical (unpaired) electrons. The highest BCUT2D eigenvalue weighted by atomic mass is 16.5. The number of hydrogen-bond acceptors (Lipinski definition) is 4. The molecule has 0 aliphatic carbocycles. The molecule has 4 heteroatoms. The lowest BCUT2D eigenvalue weighted by molar-refractivity contribution is -0.0864. The van der Waals surface area contributed by atoms with Gasteiger partial charge < -0.3 is 15.6 Å². The highest BCUT2D eigenvalue weighted by Crippen LogP contribution is 2.16. The van der Waals surface area contributed by atoms with Crippen molar-refractivity contribution in [3.63, 3.8) is 0 Å². The Hall–Kier alpha value is -0.160. The van der Waals surface area contributed by atoms with Crippen LogP contribution in [0.3, 0.4) is 0 Å². The lowest BCUT2D eigenvalue weighted by Crippen LogP contribution is -2.49. The van der Waals surface area contributed by atoms with Crippen LogP contribution in [-0.4, -0.2) is 54.5 Å². The van der Waals surface area contributed by atoms with Crippen molar-refractivity contribution in [1.82, 2.24) is 4.90 Å². The maximum Gasteiger partial charge on any atom is 0.0753 e. The molecule has 0 amide bonds. The van der Waals surface area contributed by atoms with Crippen molar-refractivity contribution in [3.8, 4) is 0 Å². The van der Waals surface area contributed by atoms with Crippen molar-refractivity contribution in [2.75, 3.05) is 32.8 Å². The van der Waals surface area contributed by atoms with E-state index >= 15 is 0 Å². The lowest BCUT2D eigenvalue weighted by Gasteiger charge is -2.38. The summed E-state index contributed by atoms with van der Waals surface area (Å²) in [5.41, 5.74) is 5.61. The first-order chi connectivity index (χ1) is 6.53. The molecular formula is C10H22N2O2. The molecule has 1 saturated heterocycles. The zero-order chi connectivity index (χ0) is 10.6. The quantitative estimate of drug-likeness (QED) is 0.663. The molecule has 1 atom stereocenters. The lowest BCUT2D eigenvalue weighted by atomic mass is 10.1. The molecule has 0 bridgehead atoms. The van der Waals surface area contributed by atoms with E-state index in [9.17, 15) is 0 Å². The second-order valence-corrected chi connectivity index (χ2v) is 4.62. The second-order valence-electron chi connectivity index (χ2n) is 4.62. The predicted molar refractivity (Wildman–Crippen MR) is 56.1 cm³/mol. The molecule has 1 fully saturated rings. The maximum atomic E-state index is 8.80. The molecule has 0 saturated carbocycles. The third kappa shape index (κ3) is 3.92. The summed E-state index contributed by atoms with van der Waals surface area (Å²) in [6.45, 7) is 7.95. The zero-order valence-corrected chi connectivity index (χ0v) is 9.20. The van der Waals surface area contributed by atoms with Crippen LogP contribution in [0.5, 0.6) is 0 Å². The minimum Gasteiger partial charge on any atom is -0.395 e. The first kappa shape index (κ1) is 11.9. The number of hydrogen-bond donors (Lipinski definition) is 2. The van der Waals surface area contributed by atoms with Crippen molar-refractivity contribution in [2.45, 2.75) is 31.9 Å². The fourth-order valence-corrected chi connectivity index (χ4v) is 1.74. The van der Waals surface area contributed by atoms with E-state index in [1.165, 1.54) is 0 Å². The van der Waals surface area contributed by atoms with Crippen molar-refractivity contribution in [3.05, 3.63) is 0 Å². The predicted octanol–water partition coefficient (Wildman–Crippen LogP) is -0.193. The van der Waals surface area contributed by atoms with E-state index in [-0.39, 0.29) is 18.2 Å². The Kier molecular flexibility index (Phi) is 4.31. The van der Waals surface area contributed by atoms with Gasteiger partial charge in [0.25, 0.3) is 0 Å². The van der Waals surface area contributed by atoms with Gasteiger partial charge in [0.2, 0.25) is 0 Å². The number of morpholine rings is 1. The Balaban J connectivity index is 2.24. The monoisotopic (exact) mass is 202 g/mol. The molecule has 0 spiro atoms. The van der Waals surface area contributed by atoms with E-state index in [1.54, 1.807) is 0 Å². The number of nitrogens with two attached hydrogens (primary N) is 1. The van der Waals surface area contributed by atoms with Crippen molar-refractivity contribution in [2.24, 2.45) is 5.73 Å². The zero-order valence-electron chi connectivity index (χ0n) is 9.20. The number of aliphatic hydroxyl groups is 1. The largest absolute Gasteiger partial charge is 0.395 e. The summed E-state index contributed by atoms with van der Waals surface area (Å²) in [5.74, 6) is 0. The molecule has 14 heavy (non-hydrogen) atoms. The van der Waals surface area contributed by atoms with Crippen LogP contribution in [0.4, 0.5) is 0 Å². The normalized spacial score (nSPS) is 24.9. The van der Waals surface area contributed by atoms with Gasteiger partial charge in [-0.1, -0.05) is 0 Å². The van der Waals surface area contributed by atoms with Crippen LogP contribution in [-0.2, 0) is 4.74 Å². The van der Waals surface area contributed by atoms with Gasteiger partial charge in [-0.3, -0.25) is 4.90 Å². The van der Waals surface area contributed by atoms with Crippen LogP contribution in [0.15, 0.2) is 0 Å². The van der Waals surface area contributed by atoms with Crippen molar-refractivity contribution < 1.29 is 9.84 Å². The molecule has 1 unspecified atom stereocenters. The molecule has 0 aromatic heterocycles. The van der Waals surface area contributed by atoms with E-state index in [0.717, 1.165) is 32.7 Å². The van der Waals surface area contributed by atoms with Gasteiger partial charge in [0, 0.05) is 19.1 Å². The van der Waals surface area contributed by atoms with Gasteiger partial charge in [-0.2, -0.15) is 0 Å². The summed E-state index contributed by atoms with van der Waals surface area (Å²) < 4.78 is 5.61. The number of aliphatic hydroxyl groups excluding tert-OH is 1. The Morgan fingerprint density at radius 3 is 2.86 bits per heavy atom. The summed E-state index contributed by atoms with van der Waals surface area (Å²) in [4.78, 5) is 2.35. The fourth-order valence-electron chi connectivity index (χ4n) is 1.74. The van der Waals surface area contributed by atoms with Crippen LogP contribution in [0, 0.1) is 0 Å². The third-order valence-corrected chi connectivity index (χ3v) is 2.56. The molecule has 0 aromatic carbocycles. The van der Waals surface area contributed by atoms with E-state index in [0.29, 0.717) is 0 Å². The van der Waals surface area contributed by atoms with Crippen LogP contribution in [0.25, 0.3) is 0 Å². The van der Waals surface area contributed by atoms with Crippen LogP contribution in [0.2, 0.25) is 0 Å². The Morgan fingerprint density at radius 2 is 2.29 bits per heavy atom. The van der Waals surface area contributed by atoms with Gasteiger partial charge in [-0.25, -0.2) is 0 Å².